The number of aromatic nitrogens is 4. The summed E-state index contributed by atoms with van der Waals surface area (Å²) in [5.74, 6) is 0.945. The summed E-state index contributed by atoms with van der Waals surface area (Å²) >= 11 is 2.77. The van der Waals surface area contributed by atoms with E-state index in [1.54, 1.807) is 0 Å². The zero-order valence-corrected chi connectivity index (χ0v) is 15.2. The van der Waals surface area contributed by atoms with Crippen LogP contribution in [0.25, 0.3) is 11.4 Å². The van der Waals surface area contributed by atoms with E-state index in [1.165, 1.54) is 28.7 Å². The van der Waals surface area contributed by atoms with Crippen LogP contribution in [0, 0.1) is 13.8 Å². The number of anilines is 1. The molecule has 0 aliphatic rings. The number of nitrogens with one attached hydrogen (secondary N) is 1. The molecule has 0 radical (unpaired) electrons. The predicted molar refractivity (Wildman–Crippen MR) is 97.4 cm³/mol. The van der Waals surface area contributed by atoms with E-state index in [1.807, 2.05) is 55.1 Å². The smallest absolute Gasteiger partial charge is 0.236 e. The lowest BCUT2D eigenvalue weighted by atomic mass is 10.1. The summed E-state index contributed by atoms with van der Waals surface area (Å²) in [5.41, 5.74) is 3.11. The van der Waals surface area contributed by atoms with Gasteiger partial charge in [0.2, 0.25) is 5.91 Å². The van der Waals surface area contributed by atoms with Gasteiger partial charge in [-0.1, -0.05) is 41.6 Å². The molecule has 3 rings (SSSR count). The first-order valence-electron chi connectivity index (χ1n) is 7.34. The van der Waals surface area contributed by atoms with E-state index in [-0.39, 0.29) is 11.7 Å². The van der Waals surface area contributed by atoms with Crippen molar-refractivity contribution in [2.75, 3.05) is 11.1 Å². The maximum Gasteiger partial charge on any atom is 0.236 e. The Bertz CT molecular complexity index is 854. The molecule has 8 heteroatoms. The summed E-state index contributed by atoms with van der Waals surface area (Å²) in [5, 5.41) is 14.4. The van der Waals surface area contributed by atoms with Gasteiger partial charge in [0, 0.05) is 18.0 Å². The van der Waals surface area contributed by atoms with Crippen molar-refractivity contribution in [1.29, 1.82) is 0 Å². The molecule has 0 unspecified atom stereocenters. The van der Waals surface area contributed by atoms with Gasteiger partial charge in [-0.2, -0.15) is 0 Å². The molecule has 0 atom stereocenters. The Hall–Kier alpha value is -2.19. The molecular formula is C16H17N5OS2. The van der Waals surface area contributed by atoms with Gasteiger partial charge in [-0.3, -0.25) is 4.79 Å². The van der Waals surface area contributed by atoms with Gasteiger partial charge < -0.3 is 9.88 Å². The van der Waals surface area contributed by atoms with Crippen molar-refractivity contribution in [3.8, 4) is 11.4 Å². The molecule has 0 aliphatic heterocycles. The van der Waals surface area contributed by atoms with Crippen LogP contribution in [-0.4, -0.2) is 31.4 Å². The molecule has 1 N–H and O–H groups in total. The van der Waals surface area contributed by atoms with E-state index in [0.29, 0.717) is 10.3 Å². The van der Waals surface area contributed by atoms with Crippen LogP contribution in [0.5, 0.6) is 0 Å². The molecule has 2 aromatic heterocycles. The van der Waals surface area contributed by atoms with Crippen LogP contribution in [0.3, 0.4) is 0 Å². The summed E-state index contributed by atoms with van der Waals surface area (Å²) in [6.07, 6.45) is 0. The average Bonchev–Trinajstić information content (AvgIpc) is 3.12. The van der Waals surface area contributed by atoms with Crippen LogP contribution in [0.2, 0.25) is 0 Å². The second-order valence-electron chi connectivity index (χ2n) is 5.36. The first kappa shape index (κ1) is 16.7. The fourth-order valence-corrected chi connectivity index (χ4v) is 3.51. The van der Waals surface area contributed by atoms with Crippen molar-refractivity contribution in [3.05, 3.63) is 40.9 Å². The van der Waals surface area contributed by atoms with Crippen molar-refractivity contribution in [2.45, 2.75) is 19.0 Å². The minimum Gasteiger partial charge on any atom is -0.305 e. The monoisotopic (exact) mass is 359 g/mol. The molecule has 3 aromatic rings. The normalized spacial score (nSPS) is 10.8. The first-order valence-corrected chi connectivity index (χ1v) is 9.20. The topological polar surface area (TPSA) is 72.7 Å². The fourth-order valence-electron chi connectivity index (χ4n) is 2.09. The van der Waals surface area contributed by atoms with Gasteiger partial charge in [0.05, 0.1) is 11.4 Å². The third-order valence-corrected chi connectivity index (χ3v) is 5.24. The number of carbonyl (C=O) groups is 1. The second kappa shape index (κ2) is 7.14. The second-order valence-corrected chi connectivity index (χ2v) is 7.16. The van der Waals surface area contributed by atoms with Gasteiger partial charge in [-0.05, 0) is 13.8 Å². The third kappa shape index (κ3) is 3.82. The average molecular weight is 359 g/mol. The Morgan fingerprint density at radius 3 is 2.67 bits per heavy atom. The Labute approximate surface area is 148 Å². The predicted octanol–water partition coefficient (Wildman–Crippen LogP) is 3.29. The Kier molecular flexibility index (Phi) is 4.96. The highest BCUT2D eigenvalue weighted by atomic mass is 32.2. The SMILES string of the molecule is Cc1ccc(-c2nnc(SCC(=O)Nc3nc(C)cs3)n2C)cc1. The maximum absolute atomic E-state index is 12.0. The molecular weight excluding hydrogens is 342 g/mol. The molecule has 0 fully saturated rings. The Morgan fingerprint density at radius 1 is 1.25 bits per heavy atom. The molecule has 2 heterocycles. The van der Waals surface area contributed by atoms with Crippen molar-refractivity contribution in [3.63, 3.8) is 0 Å². The number of aryl methyl sites for hydroxylation is 2. The number of amides is 1. The van der Waals surface area contributed by atoms with Crippen molar-refractivity contribution >= 4 is 34.1 Å². The molecule has 24 heavy (non-hydrogen) atoms. The lowest BCUT2D eigenvalue weighted by Gasteiger charge is -2.04. The molecule has 0 bridgehead atoms. The maximum atomic E-state index is 12.0. The van der Waals surface area contributed by atoms with Crippen LogP contribution >= 0.6 is 23.1 Å². The molecule has 0 saturated carbocycles. The number of thioether (sulfide) groups is 1. The highest BCUT2D eigenvalue weighted by Crippen LogP contribution is 2.23. The van der Waals surface area contributed by atoms with E-state index in [0.717, 1.165) is 17.1 Å². The van der Waals surface area contributed by atoms with Crippen LogP contribution in [0.15, 0.2) is 34.8 Å². The number of hydrogen-bond acceptors (Lipinski definition) is 6. The summed E-state index contributed by atoms with van der Waals surface area (Å²) in [4.78, 5) is 16.2. The van der Waals surface area contributed by atoms with E-state index in [9.17, 15) is 4.79 Å². The van der Waals surface area contributed by atoms with Crippen molar-refractivity contribution in [2.24, 2.45) is 7.05 Å². The van der Waals surface area contributed by atoms with Crippen LogP contribution in [-0.2, 0) is 11.8 Å². The lowest BCUT2D eigenvalue weighted by Crippen LogP contribution is -2.14. The number of carbonyl (C=O) groups excluding carboxylic acids is 1. The number of nitrogens with zero attached hydrogens (tertiary/aromatic N) is 4. The fraction of sp³-hybridized carbons (Fsp3) is 0.250. The highest BCUT2D eigenvalue weighted by molar-refractivity contribution is 7.99. The quantitative estimate of drug-likeness (QED) is 0.708. The molecule has 1 aromatic carbocycles. The summed E-state index contributed by atoms with van der Waals surface area (Å²) in [7, 11) is 1.90. The van der Waals surface area contributed by atoms with E-state index in [4.69, 9.17) is 0 Å². The standard InChI is InChI=1S/C16H17N5OS2/c1-10-4-6-12(7-5-10)14-19-20-16(21(14)3)24-9-13(22)18-15-17-11(2)8-23-15/h4-8H,9H2,1-3H3,(H,17,18,22). The summed E-state index contributed by atoms with van der Waals surface area (Å²) in [6.45, 7) is 3.94. The highest BCUT2D eigenvalue weighted by Gasteiger charge is 2.13. The number of rotatable bonds is 5. The molecule has 0 spiro atoms. The van der Waals surface area contributed by atoms with Gasteiger partial charge in [0.15, 0.2) is 16.1 Å². The number of benzene rings is 1. The molecule has 0 saturated heterocycles. The lowest BCUT2D eigenvalue weighted by molar-refractivity contribution is -0.113. The minimum atomic E-state index is -0.103. The van der Waals surface area contributed by atoms with Crippen molar-refractivity contribution < 1.29 is 4.79 Å². The van der Waals surface area contributed by atoms with Gasteiger partial charge in [-0.15, -0.1) is 21.5 Å². The van der Waals surface area contributed by atoms with E-state index in [2.05, 4.69) is 20.5 Å². The zero-order valence-electron chi connectivity index (χ0n) is 13.6. The first-order chi connectivity index (χ1) is 11.5. The number of thiazole rings is 1. The largest absolute Gasteiger partial charge is 0.305 e. The molecule has 6 nitrogen and oxygen atoms in total. The van der Waals surface area contributed by atoms with Gasteiger partial charge in [0.1, 0.15) is 0 Å². The molecule has 1 amide bonds. The van der Waals surface area contributed by atoms with Crippen molar-refractivity contribution in [1.82, 2.24) is 19.7 Å². The molecule has 124 valence electrons. The summed E-state index contributed by atoms with van der Waals surface area (Å²) < 4.78 is 1.90. The number of hydrogen-bond donors (Lipinski definition) is 1. The summed E-state index contributed by atoms with van der Waals surface area (Å²) in [6, 6.07) is 8.12. The van der Waals surface area contributed by atoms with Crippen LogP contribution in [0.4, 0.5) is 5.13 Å². The Morgan fingerprint density at radius 2 is 2.00 bits per heavy atom. The van der Waals surface area contributed by atoms with Gasteiger partial charge >= 0.3 is 0 Å². The van der Waals surface area contributed by atoms with E-state index >= 15 is 0 Å². The van der Waals surface area contributed by atoms with Gasteiger partial charge in [-0.25, -0.2) is 4.98 Å². The van der Waals surface area contributed by atoms with Crippen LogP contribution < -0.4 is 5.32 Å². The zero-order chi connectivity index (χ0) is 17.1. The van der Waals surface area contributed by atoms with E-state index < -0.39 is 0 Å². The van der Waals surface area contributed by atoms with Crippen LogP contribution in [0.1, 0.15) is 11.3 Å². The molecule has 0 aliphatic carbocycles. The van der Waals surface area contributed by atoms with Gasteiger partial charge in [0.25, 0.3) is 0 Å². The third-order valence-electron chi connectivity index (χ3n) is 3.34. The Balaban J connectivity index is 1.63. The minimum absolute atomic E-state index is 0.103.